The van der Waals surface area contributed by atoms with Gasteiger partial charge in [0.2, 0.25) is 11.7 Å². The number of para-hydroxylation sites is 1. The van der Waals surface area contributed by atoms with Crippen molar-refractivity contribution in [1.82, 2.24) is 9.97 Å². The van der Waals surface area contributed by atoms with Gasteiger partial charge in [-0.05, 0) is 37.3 Å². The van der Waals surface area contributed by atoms with Gasteiger partial charge in [0.05, 0.1) is 24.0 Å². The molecule has 168 valence electrons. The van der Waals surface area contributed by atoms with Crippen LogP contribution in [0.5, 0.6) is 0 Å². The topological polar surface area (TPSA) is 67.4 Å². The average Bonchev–Trinajstić information content (AvgIpc) is 2.79. The number of morpholine rings is 1. The molecule has 1 saturated heterocycles. The van der Waals surface area contributed by atoms with Crippen molar-refractivity contribution < 1.29 is 22.7 Å². The highest BCUT2D eigenvalue weighted by molar-refractivity contribution is 8.00. The molecule has 0 bridgehead atoms. The van der Waals surface area contributed by atoms with Crippen molar-refractivity contribution in [2.24, 2.45) is 0 Å². The minimum Gasteiger partial charge on any atom is -0.378 e. The van der Waals surface area contributed by atoms with Crippen LogP contribution >= 0.6 is 11.8 Å². The summed E-state index contributed by atoms with van der Waals surface area (Å²) in [6, 6.07) is 13.9. The van der Waals surface area contributed by atoms with E-state index in [1.807, 2.05) is 24.3 Å². The van der Waals surface area contributed by atoms with Gasteiger partial charge in [0.25, 0.3) is 0 Å². The van der Waals surface area contributed by atoms with Crippen LogP contribution in [0.3, 0.4) is 0 Å². The molecule has 1 fully saturated rings. The molecule has 6 nitrogen and oxygen atoms in total. The highest BCUT2D eigenvalue weighted by Crippen LogP contribution is 2.34. The molecule has 2 heterocycles. The van der Waals surface area contributed by atoms with E-state index in [4.69, 9.17) is 4.74 Å². The third-order valence-electron chi connectivity index (χ3n) is 4.99. The molecule has 1 N–H and O–H groups in total. The molecule has 1 unspecified atom stereocenters. The molecule has 10 heteroatoms. The van der Waals surface area contributed by atoms with Gasteiger partial charge < -0.3 is 15.0 Å². The SMILES string of the molecule is CC(Sc1nc(C(F)(F)F)nc2ccccc12)C(=O)Nc1ccc(N2CCOCC2)cc1. The normalized spacial score (nSPS) is 15.6. The Hall–Kier alpha value is -2.85. The monoisotopic (exact) mass is 462 g/mol. The molecule has 1 aliphatic rings. The Labute approximate surface area is 187 Å². The fourth-order valence-electron chi connectivity index (χ4n) is 3.31. The fourth-order valence-corrected chi connectivity index (χ4v) is 4.25. The van der Waals surface area contributed by atoms with E-state index >= 15 is 0 Å². The van der Waals surface area contributed by atoms with Crippen LogP contribution in [0.1, 0.15) is 12.7 Å². The minimum absolute atomic E-state index is 0.119. The minimum atomic E-state index is -4.67. The van der Waals surface area contributed by atoms with Crippen LogP contribution in [0, 0.1) is 0 Å². The molecule has 4 rings (SSSR count). The zero-order valence-electron chi connectivity index (χ0n) is 17.2. The van der Waals surface area contributed by atoms with Crippen LogP contribution in [0.15, 0.2) is 53.6 Å². The summed E-state index contributed by atoms with van der Waals surface area (Å²) in [5.41, 5.74) is 1.84. The van der Waals surface area contributed by atoms with E-state index in [1.54, 1.807) is 25.1 Å². The number of rotatable bonds is 5. The Bertz CT molecular complexity index is 1100. The lowest BCUT2D eigenvalue weighted by Crippen LogP contribution is -2.36. The number of hydrogen-bond donors (Lipinski definition) is 1. The predicted octanol–water partition coefficient (Wildman–Crippen LogP) is 4.60. The number of carbonyl (C=O) groups excluding carboxylic acids is 1. The Balaban J connectivity index is 1.47. The molecular formula is C22H21F3N4O2S. The summed E-state index contributed by atoms with van der Waals surface area (Å²) in [6.07, 6.45) is -4.67. The highest BCUT2D eigenvalue weighted by Gasteiger charge is 2.36. The number of hydrogen-bond acceptors (Lipinski definition) is 6. The Morgan fingerprint density at radius 3 is 2.47 bits per heavy atom. The van der Waals surface area contributed by atoms with Crippen LogP contribution in [-0.2, 0) is 15.7 Å². The molecule has 3 aromatic rings. The third-order valence-corrected chi connectivity index (χ3v) is 6.09. The van der Waals surface area contributed by atoms with Gasteiger partial charge in [-0.3, -0.25) is 4.79 Å². The standard InChI is InChI=1S/C22H21F3N4O2S/c1-14(19(30)26-15-6-8-16(9-7-15)29-10-12-31-13-11-29)32-20-17-4-2-3-5-18(17)27-21(28-20)22(23,24)25/h2-9,14H,10-13H2,1H3,(H,26,30). The number of thioether (sulfide) groups is 1. The van der Waals surface area contributed by atoms with Crippen molar-refractivity contribution in [3.63, 3.8) is 0 Å². The summed E-state index contributed by atoms with van der Waals surface area (Å²) >= 11 is 0.971. The predicted molar refractivity (Wildman–Crippen MR) is 118 cm³/mol. The van der Waals surface area contributed by atoms with Crippen molar-refractivity contribution >= 4 is 39.9 Å². The number of nitrogens with one attached hydrogen (secondary N) is 1. The zero-order chi connectivity index (χ0) is 22.7. The van der Waals surface area contributed by atoms with Crippen LogP contribution in [0.2, 0.25) is 0 Å². The Morgan fingerprint density at radius 1 is 1.09 bits per heavy atom. The number of alkyl halides is 3. The van der Waals surface area contributed by atoms with E-state index in [0.717, 1.165) is 30.5 Å². The first-order valence-electron chi connectivity index (χ1n) is 10.1. The number of nitrogens with zero attached hydrogens (tertiary/aromatic N) is 3. The van der Waals surface area contributed by atoms with Crippen molar-refractivity contribution in [2.75, 3.05) is 36.5 Å². The lowest BCUT2D eigenvalue weighted by molar-refractivity contribution is -0.145. The van der Waals surface area contributed by atoms with E-state index in [0.29, 0.717) is 24.3 Å². The summed E-state index contributed by atoms with van der Waals surface area (Å²) in [7, 11) is 0. The molecule has 0 radical (unpaired) electrons. The number of halogens is 3. The van der Waals surface area contributed by atoms with Crippen molar-refractivity contribution in [3.8, 4) is 0 Å². The second-order valence-corrected chi connectivity index (χ2v) is 8.59. The van der Waals surface area contributed by atoms with Crippen molar-refractivity contribution in [2.45, 2.75) is 23.4 Å². The maximum atomic E-state index is 13.2. The van der Waals surface area contributed by atoms with Crippen LogP contribution in [0.4, 0.5) is 24.5 Å². The maximum absolute atomic E-state index is 13.2. The van der Waals surface area contributed by atoms with E-state index in [1.165, 1.54) is 6.07 Å². The van der Waals surface area contributed by atoms with E-state index in [9.17, 15) is 18.0 Å². The number of carbonyl (C=O) groups is 1. The largest absolute Gasteiger partial charge is 0.451 e. The van der Waals surface area contributed by atoms with Gasteiger partial charge in [0.1, 0.15) is 5.03 Å². The summed E-state index contributed by atoms with van der Waals surface area (Å²) in [4.78, 5) is 22.2. The van der Waals surface area contributed by atoms with E-state index < -0.39 is 17.3 Å². The third kappa shape index (κ3) is 5.13. The van der Waals surface area contributed by atoms with Gasteiger partial charge in [-0.2, -0.15) is 13.2 Å². The van der Waals surface area contributed by atoms with Gasteiger partial charge in [0, 0.05) is 29.9 Å². The van der Waals surface area contributed by atoms with E-state index in [2.05, 4.69) is 20.2 Å². The molecular weight excluding hydrogens is 441 g/mol. The highest BCUT2D eigenvalue weighted by atomic mass is 32.2. The van der Waals surface area contributed by atoms with Gasteiger partial charge in [-0.15, -0.1) is 0 Å². The second-order valence-electron chi connectivity index (χ2n) is 7.26. The molecule has 1 aliphatic heterocycles. The van der Waals surface area contributed by atoms with Crippen molar-refractivity contribution in [1.29, 1.82) is 0 Å². The zero-order valence-corrected chi connectivity index (χ0v) is 18.0. The Morgan fingerprint density at radius 2 is 1.78 bits per heavy atom. The quantitative estimate of drug-likeness (QED) is 0.442. The number of anilines is 2. The molecule has 0 aliphatic carbocycles. The first-order chi connectivity index (χ1) is 15.3. The van der Waals surface area contributed by atoms with Gasteiger partial charge in [-0.1, -0.05) is 30.0 Å². The number of amides is 1. The summed E-state index contributed by atoms with van der Waals surface area (Å²) in [5.74, 6) is -1.55. The van der Waals surface area contributed by atoms with E-state index in [-0.39, 0.29) is 16.4 Å². The molecule has 0 spiro atoms. The first-order valence-corrected chi connectivity index (χ1v) is 10.9. The summed E-state index contributed by atoms with van der Waals surface area (Å²) in [6.45, 7) is 4.62. The molecule has 0 saturated carbocycles. The van der Waals surface area contributed by atoms with Crippen LogP contribution in [-0.4, -0.2) is 47.4 Å². The number of ether oxygens (including phenoxy) is 1. The fraction of sp³-hybridized carbons (Fsp3) is 0.318. The van der Waals surface area contributed by atoms with Crippen LogP contribution in [0.25, 0.3) is 10.9 Å². The second kappa shape index (κ2) is 9.33. The number of benzene rings is 2. The molecule has 2 aromatic carbocycles. The van der Waals surface area contributed by atoms with Gasteiger partial charge in [0.15, 0.2) is 0 Å². The molecule has 1 amide bonds. The lowest BCUT2D eigenvalue weighted by atomic mass is 10.2. The van der Waals surface area contributed by atoms with Crippen LogP contribution < -0.4 is 10.2 Å². The summed E-state index contributed by atoms with van der Waals surface area (Å²) in [5, 5.41) is 2.73. The smallest absolute Gasteiger partial charge is 0.378 e. The molecule has 1 aromatic heterocycles. The number of aromatic nitrogens is 2. The Kier molecular flexibility index (Phi) is 6.52. The summed E-state index contributed by atoms with van der Waals surface area (Å²) < 4.78 is 45.0. The maximum Gasteiger partial charge on any atom is 0.451 e. The van der Waals surface area contributed by atoms with Gasteiger partial charge in [-0.25, -0.2) is 9.97 Å². The lowest BCUT2D eigenvalue weighted by Gasteiger charge is -2.28. The van der Waals surface area contributed by atoms with Crippen molar-refractivity contribution in [3.05, 3.63) is 54.4 Å². The molecule has 1 atom stereocenters. The molecule has 32 heavy (non-hydrogen) atoms. The number of fused-ring (bicyclic) bond motifs is 1. The first kappa shape index (κ1) is 22.3. The van der Waals surface area contributed by atoms with Gasteiger partial charge >= 0.3 is 6.18 Å². The average molecular weight is 462 g/mol.